The van der Waals surface area contributed by atoms with Crippen molar-refractivity contribution in [3.63, 3.8) is 0 Å². The quantitative estimate of drug-likeness (QED) is 0.775. The molecule has 0 aromatic carbocycles. The van der Waals surface area contributed by atoms with Gasteiger partial charge in [-0.1, -0.05) is 0 Å². The van der Waals surface area contributed by atoms with Crippen molar-refractivity contribution in [2.45, 2.75) is 20.4 Å². The molecule has 0 bridgehead atoms. The van der Waals surface area contributed by atoms with Gasteiger partial charge in [0.15, 0.2) is 0 Å². The molecule has 0 fully saturated rings. The van der Waals surface area contributed by atoms with Crippen LogP contribution in [-0.2, 0) is 6.54 Å². The molecule has 0 saturated carbocycles. The van der Waals surface area contributed by atoms with E-state index in [-0.39, 0.29) is 12.5 Å². The van der Waals surface area contributed by atoms with Gasteiger partial charge in [0.25, 0.3) is 5.91 Å². The molecule has 3 N–H and O–H groups in total. The summed E-state index contributed by atoms with van der Waals surface area (Å²) in [5.74, 6) is 0.932. The number of oxazole rings is 1. The van der Waals surface area contributed by atoms with Gasteiger partial charge in [0.2, 0.25) is 5.89 Å². The Morgan fingerprint density at radius 2 is 2.24 bits per heavy atom. The topological polar surface area (TPSA) is 94.0 Å². The lowest BCUT2D eigenvalue weighted by molar-refractivity contribution is 0.0952. The first-order chi connectivity index (χ1) is 10.1. The number of aryl methyl sites for hydroxylation is 2. The van der Waals surface area contributed by atoms with E-state index in [2.05, 4.69) is 15.3 Å². The molecule has 0 aliphatic rings. The minimum absolute atomic E-state index is 0.229. The monoisotopic (exact) mass is 302 g/mol. The minimum Gasteiger partial charge on any atom is -0.444 e. The predicted octanol–water partition coefficient (Wildman–Crippen LogP) is 2.41. The first-order valence-electron chi connectivity index (χ1n) is 6.39. The molecule has 0 aliphatic heterocycles. The van der Waals surface area contributed by atoms with Gasteiger partial charge in [0.1, 0.15) is 15.5 Å². The fraction of sp³-hybridized carbons (Fsp3) is 0.214. The highest BCUT2D eigenvalue weighted by atomic mass is 32.1. The number of aromatic nitrogens is 2. The maximum atomic E-state index is 12.2. The smallest absolute Gasteiger partial charge is 0.264 e. The van der Waals surface area contributed by atoms with E-state index >= 15 is 0 Å². The minimum atomic E-state index is -0.245. The van der Waals surface area contributed by atoms with Crippen LogP contribution in [0.15, 0.2) is 22.9 Å². The number of carbonyl (C=O) groups is 1. The van der Waals surface area contributed by atoms with Crippen molar-refractivity contribution in [1.82, 2.24) is 15.3 Å². The molecule has 3 aromatic heterocycles. The molecular formula is C14H14N4O2S. The zero-order valence-corrected chi connectivity index (χ0v) is 12.5. The van der Waals surface area contributed by atoms with Gasteiger partial charge in [0, 0.05) is 11.6 Å². The van der Waals surface area contributed by atoms with E-state index in [9.17, 15) is 4.79 Å². The summed E-state index contributed by atoms with van der Waals surface area (Å²) in [5, 5.41) is 3.60. The highest BCUT2D eigenvalue weighted by Gasteiger charge is 2.18. The van der Waals surface area contributed by atoms with Gasteiger partial charge in [-0.25, -0.2) is 9.97 Å². The van der Waals surface area contributed by atoms with Gasteiger partial charge in [0.05, 0.1) is 18.4 Å². The maximum absolute atomic E-state index is 12.2. The Morgan fingerprint density at radius 1 is 1.43 bits per heavy atom. The molecular weight excluding hydrogens is 288 g/mol. The lowest BCUT2D eigenvalue weighted by Gasteiger charge is -2.01. The number of carbonyl (C=O) groups excluding carboxylic acids is 1. The largest absolute Gasteiger partial charge is 0.444 e. The molecule has 0 saturated heterocycles. The Kier molecular flexibility index (Phi) is 3.34. The lowest BCUT2D eigenvalue weighted by atomic mass is 10.2. The van der Waals surface area contributed by atoms with E-state index < -0.39 is 0 Å². The summed E-state index contributed by atoms with van der Waals surface area (Å²) < 4.78 is 5.31. The number of nitrogen functional groups attached to an aromatic ring is 1. The van der Waals surface area contributed by atoms with Crippen LogP contribution in [0.3, 0.4) is 0 Å². The third-order valence-electron chi connectivity index (χ3n) is 3.11. The summed E-state index contributed by atoms with van der Waals surface area (Å²) >= 11 is 1.29. The zero-order valence-electron chi connectivity index (χ0n) is 11.6. The molecule has 1 amide bonds. The van der Waals surface area contributed by atoms with Crippen molar-refractivity contribution in [3.05, 3.63) is 40.6 Å². The Bertz CT molecular complexity index is 822. The molecule has 0 radical (unpaired) electrons. The van der Waals surface area contributed by atoms with Crippen molar-refractivity contribution in [2.75, 3.05) is 5.73 Å². The standard InChI is InChI=1S/C14H14N4O2S/c1-7-3-4-16-14-10(7)11(15)12(21-14)13(19)18-6-9-17-5-8(2)20-9/h3-5H,6,15H2,1-2H3,(H,18,19). The Morgan fingerprint density at radius 3 is 2.90 bits per heavy atom. The van der Waals surface area contributed by atoms with Gasteiger partial charge >= 0.3 is 0 Å². The summed E-state index contributed by atoms with van der Waals surface area (Å²) in [4.78, 5) is 21.8. The van der Waals surface area contributed by atoms with E-state index in [0.717, 1.165) is 15.8 Å². The van der Waals surface area contributed by atoms with Crippen LogP contribution in [-0.4, -0.2) is 15.9 Å². The number of thiophene rings is 1. The second-order valence-corrected chi connectivity index (χ2v) is 5.70. The number of amides is 1. The number of pyridine rings is 1. The van der Waals surface area contributed by atoms with Crippen LogP contribution in [0.1, 0.15) is 26.9 Å². The SMILES string of the molecule is Cc1cnc(CNC(=O)c2sc3nccc(C)c3c2N)o1. The summed E-state index contributed by atoms with van der Waals surface area (Å²) in [7, 11) is 0. The third-order valence-corrected chi connectivity index (χ3v) is 4.23. The van der Waals surface area contributed by atoms with Crippen molar-refractivity contribution in [3.8, 4) is 0 Å². The fourth-order valence-electron chi connectivity index (χ4n) is 2.09. The van der Waals surface area contributed by atoms with Crippen LogP contribution < -0.4 is 11.1 Å². The first-order valence-corrected chi connectivity index (χ1v) is 7.21. The van der Waals surface area contributed by atoms with Crippen LogP contribution in [0.5, 0.6) is 0 Å². The van der Waals surface area contributed by atoms with Crippen LogP contribution >= 0.6 is 11.3 Å². The van der Waals surface area contributed by atoms with Crippen LogP contribution in [0.25, 0.3) is 10.2 Å². The molecule has 3 heterocycles. The highest BCUT2D eigenvalue weighted by molar-refractivity contribution is 7.21. The van der Waals surface area contributed by atoms with Gasteiger partial charge in [-0.15, -0.1) is 11.3 Å². The van der Waals surface area contributed by atoms with Crippen molar-refractivity contribution < 1.29 is 9.21 Å². The summed E-state index contributed by atoms with van der Waals surface area (Å²) in [5.41, 5.74) is 7.57. The first kappa shape index (κ1) is 13.6. The van der Waals surface area contributed by atoms with Gasteiger partial charge < -0.3 is 15.5 Å². The Labute approximate surface area is 125 Å². The van der Waals surface area contributed by atoms with Gasteiger partial charge in [-0.2, -0.15) is 0 Å². The van der Waals surface area contributed by atoms with E-state index in [0.29, 0.717) is 22.2 Å². The number of nitrogens with two attached hydrogens (primary N) is 1. The van der Waals surface area contributed by atoms with Gasteiger partial charge in [-0.3, -0.25) is 4.79 Å². The predicted molar refractivity (Wildman–Crippen MR) is 81.2 cm³/mol. The molecule has 3 aromatic rings. The van der Waals surface area contributed by atoms with E-state index in [1.165, 1.54) is 11.3 Å². The number of anilines is 1. The third kappa shape index (κ3) is 2.47. The molecule has 21 heavy (non-hydrogen) atoms. The summed E-state index contributed by atoms with van der Waals surface area (Å²) in [6.45, 7) is 3.98. The number of hydrogen-bond acceptors (Lipinski definition) is 6. The highest BCUT2D eigenvalue weighted by Crippen LogP contribution is 2.34. The average Bonchev–Trinajstić information content (AvgIpc) is 3.01. The molecule has 3 rings (SSSR count). The average molecular weight is 302 g/mol. The molecule has 0 atom stereocenters. The summed E-state index contributed by atoms with van der Waals surface area (Å²) in [6.07, 6.45) is 3.33. The molecule has 0 aliphatic carbocycles. The normalized spacial score (nSPS) is 11.0. The molecule has 6 nitrogen and oxygen atoms in total. The number of hydrogen-bond donors (Lipinski definition) is 2. The number of nitrogens with zero attached hydrogens (tertiary/aromatic N) is 2. The Balaban J connectivity index is 1.84. The molecule has 108 valence electrons. The van der Waals surface area contributed by atoms with Crippen molar-refractivity contribution in [2.24, 2.45) is 0 Å². The number of rotatable bonds is 3. The fourth-order valence-corrected chi connectivity index (χ4v) is 3.15. The van der Waals surface area contributed by atoms with Gasteiger partial charge in [-0.05, 0) is 25.5 Å². The van der Waals surface area contributed by atoms with Crippen molar-refractivity contribution in [1.29, 1.82) is 0 Å². The van der Waals surface area contributed by atoms with E-state index in [1.54, 1.807) is 19.3 Å². The van der Waals surface area contributed by atoms with Crippen LogP contribution in [0.2, 0.25) is 0 Å². The maximum Gasteiger partial charge on any atom is 0.264 e. The van der Waals surface area contributed by atoms with E-state index in [4.69, 9.17) is 10.2 Å². The van der Waals surface area contributed by atoms with Crippen molar-refractivity contribution >= 4 is 33.1 Å². The second-order valence-electron chi connectivity index (χ2n) is 4.70. The molecule has 0 unspecified atom stereocenters. The Hall–Kier alpha value is -2.41. The number of fused-ring (bicyclic) bond motifs is 1. The lowest BCUT2D eigenvalue weighted by Crippen LogP contribution is -2.22. The van der Waals surface area contributed by atoms with Crippen LogP contribution in [0, 0.1) is 13.8 Å². The summed E-state index contributed by atoms with van der Waals surface area (Å²) in [6, 6.07) is 1.88. The molecule has 0 spiro atoms. The van der Waals surface area contributed by atoms with Crippen LogP contribution in [0.4, 0.5) is 5.69 Å². The van der Waals surface area contributed by atoms with E-state index in [1.807, 2.05) is 13.0 Å². The zero-order chi connectivity index (χ0) is 15.0. The molecule has 7 heteroatoms. The second kappa shape index (κ2) is 5.17. The number of nitrogens with one attached hydrogen (secondary N) is 1.